The number of rotatable bonds is 7. The Morgan fingerprint density at radius 3 is 2.68 bits per heavy atom. The molecule has 3 aliphatic carbocycles. The third kappa shape index (κ3) is 4.02. The van der Waals surface area contributed by atoms with E-state index in [1.54, 1.807) is 44.4 Å². The summed E-state index contributed by atoms with van der Waals surface area (Å²) in [7, 11) is 1.67. The number of hydrogen-bond donors (Lipinski definition) is 1. The van der Waals surface area contributed by atoms with Gasteiger partial charge in [-0.25, -0.2) is 9.37 Å². The molecule has 1 atom stereocenters. The van der Waals surface area contributed by atoms with Crippen molar-refractivity contribution in [2.75, 3.05) is 0 Å². The third-order valence-electron chi connectivity index (χ3n) is 6.40. The third-order valence-corrected chi connectivity index (χ3v) is 6.72. The maximum Gasteiger partial charge on any atom is 0.312 e. The molecule has 34 heavy (non-hydrogen) atoms. The Hall–Kier alpha value is -3.40. The zero-order valence-corrected chi connectivity index (χ0v) is 19.3. The van der Waals surface area contributed by atoms with Crippen molar-refractivity contribution in [3.63, 3.8) is 0 Å². The van der Waals surface area contributed by atoms with Crippen molar-refractivity contribution >= 4 is 23.5 Å². The maximum atomic E-state index is 13.7. The van der Waals surface area contributed by atoms with E-state index < -0.39 is 23.3 Å². The highest BCUT2D eigenvalue weighted by Crippen LogP contribution is 2.62. The van der Waals surface area contributed by atoms with Gasteiger partial charge in [0.15, 0.2) is 0 Å². The summed E-state index contributed by atoms with van der Waals surface area (Å²) in [5.74, 6) is -0.772. The zero-order valence-electron chi connectivity index (χ0n) is 18.6. The quantitative estimate of drug-likeness (QED) is 0.405. The van der Waals surface area contributed by atoms with E-state index in [1.807, 2.05) is 0 Å². The molecule has 0 radical (unpaired) electrons. The number of aryl methyl sites for hydroxylation is 1. The molecule has 0 aromatic carbocycles. The van der Waals surface area contributed by atoms with Crippen LogP contribution in [0, 0.1) is 0 Å². The van der Waals surface area contributed by atoms with Gasteiger partial charge in [-0.1, -0.05) is 22.9 Å². The molecule has 9 nitrogen and oxygen atoms in total. The van der Waals surface area contributed by atoms with E-state index in [0.717, 1.165) is 0 Å². The number of nitrogens with zero attached hydrogens (tertiary/aromatic N) is 5. The van der Waals surface area contributed by atoms with Crippen LogP contribution in [-0.4, -0.2) is 48.0 Å². The molecule has 176 valence electrons. The molecular weight excluding hydrogens is 463 g/mol. The molecule has 0 spiro atoms. The van der Waals surface area contributed by atoms with Crippen LogP contribution in [0.3, 0.4) is 0 Å². The number of pyridine rings is 2. The molecule has 3 aromatic heterocycles. The van der Waals surface area contributed by atoms with Gasteiger partial charge in [0, 0.05) is 49.8 Å². The minimum atomic E-state index is -1.08. The number of amides is 1. The SMILES string of the molecule is C[C@@H](OC(=O)Cc1c(-c2ccc(C(=O)NC34CC(F)(C3)C4)cn2)nnn1C)c1cccnc1Cl. The Bertz CT molecular complexity index is 1260. The lowest BCUT2D eigenvalue weighted by atomic mass is 9.47. The van der Waals surface area contributed by atoms with E-state index in [2.05, 4.69) is 25.6 Å². The average Bonchev–Trinajstić information content (AvgIpc) is 3.12. The number of halogens is 2. The summed E-state index contributed by atoms with van der Waals surface area (Å²) in [4.78, 5) is 33.5. The second-order valence-corrected chi connectivity index (χ2v) is 9.41. The minimum absolute atomic E-state index is 0.0848. The highest BCUT2D eigenvalue weighted by atomic mass is 35.5. The number of carbonyl (C=O) groups is 2. The monoisotopic (exact) mass is 484 g/mol. The van der Waals surface area contributed by atoms with Gasteiger partial charge in [0.1, 0.15) is 22.6 Å². The predicted octanol–water partition coefficient (Wildman–Crippen LogP) is 3.15. The van der Waals surface area contributed by atoms with Crippen molar-refractivity contribution in [1.82, 2.24) is 30.3 Å². The first-order valence-electron chi connectivity index (χ1n) is 10.8. The lowest BCUT2D eigenvalue weighted by Crippen LogP contribution is -2.76. The summed E-state index contributed by atoms with van der Waals surface area (Å²) in [5, 5.41) is 11.3. The van der Waals surface area contributed by atoms with E-state index in [-0.39, 0.29) is 17.5 Å². The van der Waals surface area contributed by atoms with Crippen LogP contribution in [0.1, 0.15) is 53.9 Å². The summed E-state index contributed by atoms with van der Waals surface area (Å²) in [6.45, 7) is 1.72. The van der Waals surface area contributed by atoms with Crippen LogP contribution in [-0.2, 0) is 23.0 Å². The van der Waals surface area contributed by atoms with Crippen molar-refractivity contribution in [3.05, 3.63) is 58.6 Å². The fraction of sp³-hybridized carbons (Fsp3) is 0.391. The molecule has 3 fully saturated rings. The zero-order chi connectivity index (χ0) is 24.1. The van der Waals surface area contributed by atoms with E-state index in [0.29, 0.717) is 47.5 Å². The van der Waals surface area contributed by atoms with E-state index >= 15 is 0 Å². The minimum Gasteiger partial charge on any atom is -0.457 e. The predicted molar refractivity (Wildman–Crippen MR) is 120 cm³/mol. The van der Waals surface area contributed by atoms with E-state index in [4.69, 9.17) is 16.3 Å². The first-order valence-corrected chi connectivity index (χ1v) is 11.2. The van der Waals surface area contributed by atoms with Gasteiger partial charge in [0.25, 0.3) is 5.91 Å². The maximum absolute atomic E-state index is 13.7. The second-order valence-electron chi connectivity index (χ2n) is 9.05. The van der Waals surface area contributed by atoms with Gasteiger partial charge in [-0.2, -0.15) is 0 Å². The Kier molecular flexibility index (Phi) is 5.35. The number of esters is 1. The molecule has 0 aliphatic heterocycles. The molecule has 6 rings (SSSR count). The van der Waals surface area contributed by atoms with Crippen LogP contribution in [0.15, 0.2) is 36.7 Å². The summed E-state index contributed by atoms with van der Waals surface area (Å²) in [5.41, 5.74) is 0.883. The largest absolute Gasteiger partial charge is 0.457 e. The number of hydrogen-bond acceptors (Lipinski definition) is 7. The Labute approximate surface area is 199 Å². The van der Waals surface area contributed by atoms with Crippen LogP contribution in [0.25, 0.3) is 11.4 Å². The highest BCUT2D eigenvalue weighted by molar-refractivity contribution is 6.30. The lowest BCUT2D eigenvalue weighted by Gasteiger charge is -2.65. The molecule has 3 aromatic rings. The van der Waals surface area contributed by atoms with Gasteiger partial charge in [0.2, 0.25) is 0 Å². The van der Waals surface area contributed by atoms with E-state index in [1.165, 1.54) is 10.9 Å². The van der Waals surface area contributed by atoms with Gasteiger partial charge in [-0.3, -0.25) is 19.3 Å². The Morgan fingerprint density at radius 1 is 1.26 bits per heavy atom. The second kappa shape index (κ2) is 8.12. The molecule has 3 saturated carbocycles. The average molecular weight is 485 g/mol. The summed E-state index contributed by atoms with van der Waals surface area (Å²) in [6.07, 6.45) is 3.46. The fourth-order valence-electron chi connectivity index (χ4n) is 4.69. The van der Waals surface area contributed by atoms with Crippen molar-refractivity contribution in [1.29, 1.82) is 0 Å². The lowest BCUT2D eigenvalue weighted by molar-refractivity contribution is -0.162. The van der Waals surface area contributed by atoms with Crippen molar-refractivity contribution in [3.8, 4) is 11.4 Å². The van der Waals surface area contributed by atoms with Crippen LogP contribution in [0.5, 0.6) is 0 Å². The standard InChI is InChI=1S/C23H22ClFN6O3/c1-13(15-4-3-7-26-20(15)24)34-18(32)8-17-19(29-30-31(17)2)16-6-5-14(9-27-16)21(33)28-23-10-22(25,11-23)12-23/h3-7,9,13H,8,10-12H2,1-2H3,(H,28,33)/t13-,22?,23?/m1/s1. The molecule has 1 amide bonds. The van der Waals surface area contributed by atoms with E-state index in [9.17, 15) is 14.0 Å². The van der Waals surface area contributed by atoms with Crippen molar-refractivity contribution in [2.45, 2.75) is 49.9 Å². The smallest absolute Gasteiger partial charge is 0.312 e. The number of carbonyl (C=O) groups excluding carboxylic acids is 2. The number of ether oxygens (including phenoxy) is 1. The van der Waals surface area contributed by atoms with Gasteiger partial charge < -0.3 is 10.1 Å². The number of nitrogens with one attached hydrogen (secondary N) is 1. The summed E-state index contributed by atoms with van der Waals surface area (Å²) >= 11 is 6.09. The van der Waals surface area contributed by atoms with Gasteiger partial charge in [0.05, 0.1) is 23.4 Å². The van der Waals surface area contributed by atoms with Crippen LogP contribution < -0.4 is 5.32 Å². The molecule has 11 heteroatoms. The molecule has 0 unspecified atom stereocenters. The molecular formula is C23H22ClFN6O3. The van der Waals surface area contributed by atoms with Gasteiger partial charge in [-0.05, 0) is 25.1 Å². The van der Waals surface area contributed by atoms with Crippen molar-refractivity contribution in [2.24, 2.45) is 7.05 Å². The Balaban J connectivity index is 1.26. The van der Waals surface area contributed by atoms with Crippen LogP contribution in [0.2, 0.25) is 5.15 Å². The molecule has 3 heterocycles. The van der Waals surface area contributed by atoms with Crippen molar-refractivity contribution < 1.29 is 18.7 Å². The van der Waals surface area contributed by atoms with Gasteiger partial charge in [-0.15, -0.1) is 5.10 Å². The normalized spacial score (nSPS) is 23.4. The van der Waals surface area contributed by atoms with Crippen LogP contribution in [0.4, 0.5) is 4.39 Å². The summed E-state index contributed by atoms with van der Waals surface area (Å²) in [6, 6.07) is 6.73. The molecule has 1 N–H and O–H groups in total. The number of aromatic nitrogens is 5. The summed E-state index contributed by atoms with van der Waals surface area (Å²) < 4.78 is 20.7. The molecule has 3 aliphatic rings. The highest BCUT2D eigenvalue weighted by Gasteiger charge is 2.69. The molecule has 0 saturated heterocycles. The number of alkyl halides is 1. The topological polar surface area (TPSA) is 112 Å². The van der Waals surface area contributed by atoms with Gasteiger partial charge >= 0.3 is 5.97 Å². The fourth-order valence-corrected chi connectivity index (χ4v) is 4.97. The molecule has 2 bridgehead atoms. The van der Waals surface area contributed by atoms with Crippen LogP contribution >= 0.6 is 11.6 Å². The first-order chi connectivity index (χ1) is 16.2. The Morgan fingerprint density at radius 2 is 2.03 bits per heavy atom. The first kappa shape index (κ1) is 22.4.